The van der Waals surface area contributed by atoms with Crippen LogP contribution in [0.3, 0.4) is 0 Å². The maximum absolute atomic E-state index is 10.8. The second kappa shape index (κ2) is 5.38. The summed E-state index contributed by atoms with van der Waals surface area (Å²) in [4.78, 5) is 10.8. The van der Waals surface area contributed by atoms with Gasteiger partial charge in [0.15, 0.2) is 0 Å². The number of fused-ring (bicyclic) bond motifs is 1. The normalized spacial score (nSPS) is 14.3. The zero-order valence-electron chi connectivity index (χ0n) is 10.8. The molecule has 1 aromatic heterocycles. The van der Waals surface area contributed by atoms with E-state index in [4.69, 9.17) is 0 Å². The predicted octanol–water partition coefficient (Wildman–Crippen LogP) is 0.402. The summed E-state index contributed by atoms with van der Waals surface area (Å²) in [5.41, 5.74) is 2.36. The summed E-state index contributed by atoms with van der Waals surface area (Å²) in [5.74, 6) is -0.242. The van der Waals surface area contributed by atoms with Gasteiger partial charge in [-0.1, -0.05) is 0 Å². The molecule has 6 heteroatoms. The highest BCUT2D eigenvalue weighted by molar-refractivity contribution is 5.79. The summed E-state index contributed by atoms with van der Waals surface area (Å²) in [7, 11) is 0. The average Bonchev–Trinajstić information content (AvgIpc) is 2.80. The van der Waals surface area contributed by atoms with E-state index in [1.54, 1.807) is 12.3 Å². The lowest BCUT2D eigenvalue weighted by molar-refractivity contribution is -0.119. The third kappa shape index (κ3) is 2.91. The molecule has 0 aliphatic rings. The number of hydrogen-bond donors (Lipinski definition) is 4. The Morgan fingerprint density at radius 1 is 1.47 bits per heavy atom. The molecule has 0 aliphatic heterocycles. The molecule has 2 atom stereocenters. The fourth-order valence-corrected chi connectivity index (χ4v) is 2.00. The van der Waals surface area contributed by atoms with Crippen molar-refractivity contribution in [3.8, 4) is 0 Å². The number of amides is 1. The molecule has 6 nitrogen and oxygen atoms in total. The van der Waals surface area contributed by atoms with Gasteiger partial charge in [-0.05, 0) is 30.2 Å². The Hall–Kier alpha value is -1.92. The number of carbonyl (C=O) groups excluding carboxylic acids is 1. The number of aromatic amines is 1. The summed E-state index contributed by atoms with van der Waals surface area (Å²) in [6.45, 7) is 3.23. The van der Waals surface area contributed by atoms with Crippen molar-refractivity contribution in [3.05, 3.63) is 29.5 Å². The van der Waals surface area contributed by atoms with E-state index in [9.17, 15) is 15.0 Å². The Bertz CT molecular complexity index is 594. The second-order valence-electron chi connectivity index (χ2n) is 4.62. The van der Waals surface area contributed by atoms with Crippen molar-refractivity contribution in [2.24, 2.45) is 0 Å². The fourth-order valence-electron chi connectivity index (χ4n) is 2.00. The molecule has 0 radical (unpaired) electrons. The van der Waals surface area contributed by atoms with Crippen molar-refractivity contribution in [2.45, 2.75) is 26.1 Å². The molecule has 2 unspecified atom stereocenters. The standard InChI is InChI=1S/C13H17N3O3/c1-7-3-11-9(5-15-16-11)4-10(7)13(19)12(18)6-14-8(2)17/h3-5,12-13,18-19H,6H2,1-2H3,(H,14,17)(H,15,16). The van der Waals surface area contributed by atoms with Crippen LogP contribution in [0.15, 0.2) is 18.3 Å². The topological polar surface area (TPSA) is 98.2 Å². The Morgan fingerprint density at radius 2 is 2.21 bits per heavy atom. The second-order valence-corrected chi connectivity index (χ2v) is 4.62. The molecule has 2 aromatic rings. The molecule has 102 valence electrons. The van der Waals surface area contributed by atoms with Gasteiger partial charge in [0.05, 0.1) is 11.7 Å². The molecule has 0 saturated carbocycles. The van der Waals surface area contributed by atoms with Gasteiger partial charge in [-0.25, -0.2) is 0 Å². The molecule has 1 heterocycles. The van der Waals surface area contributed by atoms with Gasteiger partial charge >= 0.3 is 0 Å². The lowest BCUT2D eigenvalue weighted by atomic mass is 9.97. The van der Waals surface area contributed by atoms with E-state index >= 15 is 0 Å². The molecule has 4 N–H and O–H groups in total. The fraction of sp³-hybridized carbons (Fsp3) is 0.385. The molecule has 0 bridgehead atoms. The minimum atomic E-state index is -1.05. The average molecular weight is 263 g/mol. The number of benzene rings is 1. The largest absolute Gasteiger partial charge is 0.388 e. The predicted molar refractivity (Wildman–Crippen MR) is 70.5 cm³/mol. The van der Waals surface area contributed by atoms with E-state index in [0.29, 0.717) is 5.56 Å². The van der Waals surface area contributed by atoms with Gasteiger partial charge in [-0.3, -0.25) is 9.89 Å². The molecule has 0 saturated heterocycles. The molecule has 1 aromatic carbocycles. The Labute approximate surface area is 110 Å². The molecule has 19 heavy (non-hydrogen) atoms. The summed E-state index contributed by atoms with van der Waals surface area (Å²) in [6.07, 6.45) is -0.441. The quantitative estimate of drug-likeness (QED) is 0.642. The van der Waals surface area contributed by atoms with E-state index in [1.807, 2.05) is 13.0 Å². The number of carbonyl (C=O) groups is 1. The van der Waals surface area contributed by atoms with Crippen LogP contribution in [0.1, 0.15) is 24.2 Å². The van der Waals surface area contributed by atoms with Crippen molar-refractivity contribution < 1.29 is 15.0 Å². The number of hydrogen-bond acceptors (Lipinski definition) is 4. The molecule has 0 spiro atoms. The van der Waals surface area contributed by atoms with Crippen LogP contribution in [0.5, 0.6) is 0 Å². The van der Waals surface area contributed by atoms with Crippen molar-refractivity contribution in [1.82, 2.24) is 15.5 Å². The van der Waals surface area contributed by atoms with Gasteiger partial charge in [0.25, 0.3) is 0 Å². The van der Waals surface area contributed by atoms with Gasteiger partial charge in [0.1, 0.15) is 12.2 Å². The highest BCUT2D eigenvalue weighted by Gasteiger charge is 2.21. The number of H-pyrrole nitrogens is 1. The summed E-state index contributed by atoms with van der Waals surface area (Å²) < 4.78 is 0. The first kappa shape index (κ1) is 13.5. The Morgan fingerprint density at radius 3 is 2.89 bits per heavy atom. The Kier molecular flexibility index (Phi) is 3.82. The van der Waals surface area contributed by atoms with Crippen molar-refractivity contribution >= 4 is 16.8 Å². The first-order valence-corrected chi connectivity index (χ1v) is 6.03. The highest BCUT2D eigenvalue weighted by Crippen LogP contribution is 2.25. The number of nitrogens with zero attached hydrogens (tertiary/aromatic N) is 1. The number of rotatable bonds is 4. The van der Waals surface area contributed by atoms with Crippen LogP contribution in [0.2, 0.25) is 0 Å². The number of aryl methyl sites for hydroxylation is 1. The minimum Gasteiger partial charge on any atom is -0.388 e. The zero-order chi connectivity index (χ0) is 14.0. The van der Waals surface area contributed by atoms with Crippen molar-refractivity contribution in [1.29, 1.82) is 0 Å². The number of aromatic nitrogens is 2. The van der Waals surface area contributed by atoms with Crippen LogP contribution in [-0.4, -0.2) is 39.0 Å². The van der Waals surface area contributed by atoms with Crippen LogP contribution >= 0.6 is 0 Å². The molecule has 0 aliphatic carbocycles. The van der Waals surface area contributed by atoms with E-state index in [2.05, 4.69) is 15.5 Å². The molecule has 0 fully saturated rings. The molecular weight excluding hydrogens is 246 g/mol. The van der Waals surface area contributed by atoms with E-state index in [0.717, 1.165) is 16.5 Å². The number of aliphatic hydroxyl groups is 2. The first-order valence-electron chi connectivity index (χ1n) is 6.03. The van der Waals surface area contributed by atoms with Crippen LogP contribution in [-0.2, 0) is 4.79 Å². The lowest BCUT2D eigenvalue weighted by Gasteiger charge is -2.20. The summed E-state index contributed by atoms with van der Waals surface area (Å²) in [5, 5.41) is 30.1. The maximum Gasteiger partial charge on any atom is 0.216 e. The molecule has 1 amide bonds. The molecule has 2 rings (SSSR count). The molecular formula is C13H17N3O3. The number of nitrogens with one attached hydrogen (secondary N) is 2. The monoisotopic (exact) mass is 263 g/mol. The highest BCUT2D eigenvalue weighted by atomic mass is 16.3. The Balaban J connectivity index is 2.22. The maximum atomic E-state index is 10.8. The summed E-state index contributed by atoms with van der Waals surface area (Å²) >= 11 is 0. The van der Waals surface area contributed by atoms with E-state index in [-0.39, 0.29) is 12.5 Å². The zero-order valence-corrected chi connectivity index (χ0v) is 10.8. The van der Waals surface area contributed by atoms with Gasteiger partial charge in [-0.15, -0.1) is 0 Å². The first-order chi connectivity index (χ1) is 8.99. The van der Waals surface area contributed by atoms with Crippen LogP contribution in [0.4, 0.5) is 0 Å². The lowest BCUT2D eigenvalue weighted by Crippen LogP contribution is -2.34. The summed E-state index contributed by atoms with van der Waals surface area (Å²) in [6, 6.07) is 3.65. The number of aliphatic hydroxyl groups excluding tert-OH is 2. The third-order valence-corrected chi connectivity index (χ3v) is 3.07. The van der Waals surface area contributed by atoms with Crippen molar-refractivity contribution in [2.75, 3.05) is 6.54 Å². The van der Waals surface area contributed by atoms with Crippen molar-refractivity contribution in [3.63, 3.8) is 0 Å². The van der Waals surface area contributed by atoms with Gasteiger partial charge in [0, 0.05) is 18.9 Å². The smallest absolute Gasteiger partial charge is 0.216 e. The van der Waals surface area contributed by atoms with Crippen LogP contribution in [0, 0.1) is 6.92 Å². The van der Waals surface area contributed by atoms with Gasteiger partial charge in [0.2, 0.25) is 5.91 Å². The van der Waals surface area contributed by atoms with E-state index < -0.39 is 12.2 Å². The third-order valence-electron chi connectivity index (χ3n) is 3.07. The van der Waals surface area contributed by atoms with Gasteiger partial charge in [-0.2, -0.15) is 5.10 Å². The van der Waals surface area contributed by atoms with Crippen LogP contribution < -0.4 is 5.32 Å². The van der Waals surface area contributed by atoms with Gasteiger partial charge < -0.3 is 15.5 Å². The van der Waals surface area contributed by atoms with Crippen LogP contribution in [0.25, 0.3) is 10.9 Å². The SMILES string of the molecule is CC(=O)NCC(O)C(O)c1cc2cn[nH]c2cc1C. The van der Waals surface area contributed by atoms with E-state index in [1.165, 1.54) is 6.92 Å². The minimum absolute atomic E-state index is 0.0133.